The van der Waals surface area contributed by atoms with Crippen molar-refractivity contribution in [2.24, 2.45) is 0 Å². The number of piperidine rings is 1. The summed E-state index contributed by atoms with van der Waals surface area (Å²) in [6, 6.07) is 16.1. The highest BCUT2D eigenvalue weighted by atomic mass is 35.5. The maximum Gasteiger partial charge on any atom is 0.319 e. The van der Waals surface area contributed by atoms with Crippen molar-refractivity contribution >= 4 is 29.2 Å². The Morgan fingerprint density at radius 3 is 2.40 bits per heavy atom. The molecule has 3 rings (SSSR count). The van der Waals surface area contributed by atoms with Crippen LogP contribution in [0.4, 0.5) is 10.5 Å². The summed E-state index contributed by atoms with van der Waals surface area (Å²) in [4.78, 5) is 26.3. The SMILES string of the molecule is O=C(Nc1cccc(Cl)c1)NC1CCN(C(=O)c2ccccc2)CC1. The number of rotatable bonds is 3. The van der Waals surface area contributed by atoms with Crippen LogP contribution in [0.3, 0.4) is 0 Å². The normalized spacial score (nSPS) is 14.8. The number of anilines is 1. The zero-order valence-corrected chi connectivity index (χ0v) is 14.5. The van der Waals surface area contributed by atoms with Crippen molar-refractivity contribution < 1.29 is 9.59 Å². The molecule has 0 radical (unpaired) electrons. The molecule has 2 aromatic rings. The third-order valence-corrected chi connectivity index (χ3v) is 4.46. The van der Waals surface area contributed by atoms with Crippen molar-refractivity contribution in [1.82, 2.24) is 10.2 Å². The zero-order chi connectivity index (χ0) is 17.6. The third kappa shape index (κ3) is 4.73. The second-order valence-electron chi connectivity index (χ2n) is 6.04. The van der Waals surface area contributed by atoms with Crippen LogP contribution in [0.25, 0.3) is 0 Å². The van der Waals surface area contributed by atoms with Gasteiger partial charge in [0.1, 0.15) is 0 Å². The molecule has 0 spiro atoms. The van der Waals surface area contributed by atoms with Gasteiger partial charge in [0.05, 0.1) is 0 Å². The van der Waals surface area contributed by atoms with Gasteiger partial charge < -0.3 is 15.5 Å². The molecule has 6 heteroatoms. The molecular weight excluding hydrogens is 338 g/mol. The van der Waals surface area contributed by atoms with E-state index in [2.05, 4.69) is 10.6 Å². The van der Waals surface area contributed by atoms with Gasteiger partial charge in [0.25, 0.3) is 5.91 Å². The van der Waals surface area contributed by atoms with E-state index in [4.69, 9.17) is 11.6 Å². The van der Waals surface area contributed by atoms with Gasteiger partial charge in [-0.3, -0.25) is 4.79 Å². The lowest BCUT2D eigenvalue weighted by atomic mass is 10.0. The average Bonchev–Trinajstić information content (AvgIpc) is 2.62. The Bertz CT molecular complexity index is 743. The van der Waals surface area contributed by atoms with Gasteiger partial charge in [0, 0.05) is 35.4 Å². The minimum Gasteiger partial charge on any atom is -0.338 e. The highest BCUT2D eigenvalue weighted by molar-refractivity contribution is 6.30. The van der Waals surface area contributed by atoms with Crippen LogP contribution in [0.5, 0.6) is 0 Å². The summed E-state index contributed by atoms with van der Waals surface area (Å²) in [6.07, 6.45) is 1.48. The number of halogens is 1. The van der Waals surface area contributed by atoms with E-state index in [-0.39, 0.29) is 18.0 Å². The largest absolute Gasteiger partial charge is 0.338 e. The number of nitrogens with zero attached hydrogens (tertiary/aromatic N) is 1. The first-order valence-corrected chi connectivity index (χ1v) is 8.67. The quantitative estimate of drug-likeness (QED) is 0.878. The van der Waals surface area contributed by atoms with Crippen molar-refractivity contribution in [2.75, 3.05) is 18.4 Å². The number of amides is 3. The van der Waals surface area contributed by atoms with Crippen molar-refractivity contribution in [3.8, 4) is 0 Å². The van der Waals surface area contributed by atoms with E-state index in [1.54, 1.807) is 24.3 Å². The summed E-state index contributed by atoms with van der Waals surface area (Å²) in [5.41, 5.74) is 1.36. The molecule has 0 aliphatic carbocycles. The highest BCUT2D eigenvalue weighted by Crippen LogP contribution is 2.16. The second-order valence-corrected chi connectivity index (χ2v) is 6.48. The van der Waals surface area contributed by atoms with Gasteiger partial charge in [0.2, 0.25) is 0 Å². The molecule has 0 bridgehead atoms. The van der Waals surface area contributed by atoms with E-state index >= 15 is 0 Å². The number of nitrogens with one attached hydrogen (secondary N) is 2. The zero-order valence-electron chi connectivity index (χ0n) is 13.7. The summed E-state index contributed by atoms with van der Waals surface area (Å²) in [7, 11) is 0. The van der Waals surface area contributed by atoms with Gasteiger partial charge in [-0.05, 0) is 43.2 Å². The Balaban J connectivity index is 1.47. The number of likely N-dealkylation sites (tertiary alicyclic amines) is 1. The third-order valence-electron chi connectivity index (χ3n) is 4.22. The number of hydrogen-bond donors (Lipinski definition) is 2. The maximum absolute atomic E-state index is 12.4. The van der Waals surface area contributed by atoms with Crippen LogP contribution >= 0.6 is 11.6 Å². The first-order valence-electron chi connectivity index (χ1n) is 8.29. The molecule has 5 nitrogen and oxygen atoms in total. The van der Waals surface area contributed by atoms with Crippen molar-refractivity contribution in [3.05, 3.63) is 65.2 Å². The number of carbonyl (C=O) groups is 2. The molecule has 1 fully saturated rings. The molecule has 1 saturated heterocycles. The van der Waals surface area contributed by atoms with E-state index in [0.29, 0.717) is 29.4 Å². The topological polar surface area (TPSA) is 61.4 Å². The predicted molar refractivity (Wildman–Crippen MR) is 99.0 cm³/mol. The van der Waals surface area contributed by atoms with Crippen molar-refractivity contribution in [2.45, 2.75) is 18.9 Å². The lowest BCUT2D eigenvalue weighted by Gasteiger charge is -2.32. The fraction of sp³-hybridized carbons (Fsp3) is 0.263. The molecule has 1 heterocycles. The summed E-state index contributed by atoms with van der Waals surface area (Å²) in [6.45, 7) is 1.27. The molecular formula is C19H20ClN3O2. The van der Waals surface area contributed by atoms with Crippen LogP contribution in [-0.4, -0.2) is 36.0 Å². The summed E-state index contributed by atoms with van der Waals surface area (Å²) in [5, 5.41) is 6.30. The standard InChI is InChI=1S/C19H20ClN3O2/c20-15-7-4-8-17(13-15)22-19(25)21-16-9-11-23(12-10-16)18(24)14-5-2-1-3-6-14/h1-8,13,16H,9-12H2,(H2,21,22,25). The van der Waals surface area contributed by atoms with Crippen LogP contribution in [-0.2, 0) is 0 Å². The molecule has 0 unspecified atom stereocenters. The fourth-order valence-electron chi connectivity index (χ4n) is 2.91. The Hall–Kier alpha value is -2.53. The van der Waals surface area contributed by atoms with Crippen LogP contribution in [0.1, 0.15) is 23.2 Å². The van der Waals surface area contributed by atoms with Crippen LogP contribution in [0, 0.1) is 0 Å². The van der Waals surface area contributed by atoms with Gasteiger partial charge >= 0.3 is 6.03 Å². The van der Waals surface area contributed by atoms with Gasteiger partial charge in [-0.25, -0.2) is 4.79 Å². The van der Waals surface area contributed by atoms with Gasteiger partial charge in [-0.15, -0.1) is 0 Å². The molecule has 25 heavy (non-hydrogen) atoms. The van der Waals surface area contributed by atoms with Crippen molar-refractivity contribution in [3.63, 3.8) is 0 Å². The summed E-state index contributed by atoms with van der Waals surface area (Å²) in [5.74, 6) is 0.0439. The molecule has 1 aliphatic rings. The minimum absolute atomic E-state index is 0.0439. The van der Waals surface area contributed by atoms with E-state index in [1.165, 1.54) is 0 Å². The Morgan fingerprint density at radius 2 is 1.72 bits per heavy atom. The summed E-state index contributed by atoms with van der Waals surface area (Å²) >= 11 is 5.91. The molecule has 1 aliphatic heterocycles. The fourth-order valence-corrected chi connectivity index (χ4v) is 3.10. The molecule has 2 aromatic carbocycles. The lowest BCUT2D eigenvalue weighted by molar-refractivity contribution is 0.0709. The first kappa shape index (κ1) is 17.3. The average molecular weight is 358 g/mol. The number of carbonyl (C=O) groups excluding carboxylic acids is 2. The van der Waals surface area contributed by atoms with E-state index in [0.717, 1.165) is 12.8 Å². The molecule has 3 amide bonds. The number of benzene rings is 2. The Labute approximate surface area is 152 Å². The maximum atomic E-state index is 12.4. The van der Waals surface area contributed by atoms with E-state index in [9.17, 15) is 9.59 Å². The molecule has 2 N–H and O–H groups in total. The van der Waals surface area contributed by atoms with Gasteiger partial charge in [-0.2, -0.15) is 0 Å². The highest BCUT2D eigenvalue weighted by Gasteiger charge is 2.24. The van der Waals surface area contributed by atoms with Crippen molar-refractivity contribution in [1.29, 1.82) is 0 Å². The monoisotopic (exact) mass is 357 g/mol. The first-order chi connectivity index (χ1) is 12.1. The predicted octanol–water partition coefficient (Wildman–Crippen LogP) is 3.77. The second kappa shape index (κ2) is 8.03. The Kier molecular flexibility index (Phi) is 5.56. The van der Waals surface area contributed by atoms with Crippen LogP contribution in [0.2, 0.25) is 5.02 Å². The van der Waals surface area contributed by atoms with E-state index < -0.39 is 0 Å². The Morgan fingerprint density at radius 1 is 1.00 bits per heavy atom. The van der Waals surface area contributed by atoms with Crippen LogP contribution < -0.4 is 10.6 Å². The smallest absolute Gasteiger partial charge is 0.319 e. The molecule has 0 atom stereocenters. The summed E-state index contributed by atoms with van der Waals surface area (Å²) < 4.78 is 0. The molecule has 130 valence electrons. The van der Waals surface area contributed by atoms with Gasteiger partial charge in [-0.1, -0.05) is 35.9 Å². The molecule has 0 saturated carbocycles. The molecule has 0 aromatic heterocycles. The number of urea groups is 1. The van der Waals surface area contributed by atoms with Gasteiger partial charge in [0.15, 0.2) is 0 Å². The lowest BCUT2D eigenvalue weighted by Crippen LogP contribution is -2.47. The minimum atomic E-state index is -0.255. The van der Waals surface area contributed by atoms with Crippen LogP contribution in [0.15, 0.2) is 54.6 Å². The number of hydrogen-bond acceptors (Lipinski definition) is 2. The van der Waals surface area contributed by atoms with E-state index in [1.807, 2.05) is 35.2 Å².